The second-order valence-corrected chi connectivity index (χ2v) is 5.17. The van der Waals surface area contributed by atoms with Gasteiger partial charge in [0.05, 0.1) is 0 Å². The topological polar surface area (TPSA) is 38.5 Å². The van der Waals surface area contributed by atoms with Crippen molar-refractivity contribution in [3.05, 3.63) is 0 Å². The minimum atomic E-state index is 0.645. The van der Waals surface area contributed by atoms with Gasteiger partial charge in [-0.1, -0.05) is 6.42 Å². The Bertz CT molecular complexity index is 182. The molecule has 3 nitrogen and oxygen atoms in total. The highest BCUT2D eigenvalue weighted by atomic mass is 16.5. The van der Waals surface area contributed by atoms with Crippen molar-refractivity contribution in [3.8, 4) is 0 Å². The van der Waals surface area contributed by atoms with Crippen LogP contribution in [0.2, 0.25) is 0 Å². The van der Waals surface area contributed by atoms with E-state index in [4.69, 9.17) is 10.5 Å². The van der Waals surface area contributed by atoms with Crippen LogP contribution in [0, 0.1) is 5.41 Å². The third-order valence-electron chi connectivity index (χ3n) is 3.85. The summed E-state index contributed by atoms with van der Waals surface area (Å²) in [5.74, 6) is 0. The second kappa shape index (κ2) is 5.28. The Labute approximate surface area is 93.0 Å². The van der Waals surface area contributed by atoms with Gasteiger partial charge in [-0.2, -0.15) is 0 Å². The number of unbranched alkanes of at least 4 members (excludes halogenated alkanes) is 2. The Morgan fingerprint density at radius 3 is 2.47 bits per heavy atom. The van der Waals surface area contributed by atoms with E-state index in [1.807, 2.05) is 0 Å². The molecular weight excluding hydrogens is 188 g/mol. The SMILES string of the molecule is NCCCCCN1CC2(CCOCC2)C1. The summed E-state index contributed by atoms with van der Waals surface area (Å²) in [4.78, 5) is 2.60. The van der Waals surface area contributed by atoms with Crippen LogP contribution in [0.25, 0.3) is 0 Å². The van der Waals surface area contributed by atoms with Crippen LogP contribution in [0.5, 0.6) is 0 Å². The summed E-state index contributed by atoms with van der Waals surface area (Å²) < 4.78 is 5.42. The summed E-state index contributed by atoms with van der Waals surface area (Å²) in [5.41, 5.74) is 6.12. The number of likely N-dealkylation sites (tertiary alicyclic amines) is 1. The molecule has 88 valence electrons. The molecule has 1 spiro atoms. The Hall–Kier alpha value is -0.120. The van der Waals surface area contributed by atoms with Crippen molar-refractivity contribution in [2.45, 2.75) is 32.1 Å². The third-order valence-corrected chi connectivity index (χ3v) is 3.85. The van der Waals surface area contributed by atoms with E-state index < -0.39 is 0 Å². The Balaban J connectivity index is 1.56. The predicted octanol–water partition coefficient (Wildman–Crippen LogP) is 1.23. The van der Waals surface area contributed by atoms with Crippen molar-refractivity contribution >= 4 is 0 Å². The first kappa shape index (κ1) is 11.4. The van der Waals surface area contributed by atoms with E-state index in [-0.39, 0.29) is 0 Å². The van der Waals surface area contributed by atoms with Crippen LogP contribution in [0.4, 0.5) is 0 Å². The number of nitrogens with zero attached hydrogens (tertiary/aromatic N) is 1. The minimum Gasteiger partial charge on any atom is -0.381 e. The number of rotatable bonds is 5. The van der Waals surface area contributed by atoms with Crippen molar-refractivity contribution in [1.82, 2.24) is 4.90 Å². The highest BCUT2D eigenvalue weighted by molar-refractivity contribution is 4.95. The van der Waals surface area contributed by atoms with Gasteiger partial charge >= 0.3 is 0 Å². The fourth-order valence-electron chi connectivity index (χ4n) is 2.84. The first-order chi connectivity index (χ1) is 7.35. The van der Waals surface area contributed by atoms with Crippen LogP contribution in [0.3, 0.4) is 0 Å². The predicted molar refractivity (Wildman–Crippen MR) is 61.8 cm³/mol. The molecule has 0 aromatic rings. The van der Waals surface area contributed by atoms with Crippen molar-refractivity contribution in [2.24, 2.45) is 11.1 Å². The molecule has 0 aromatic heterocycles. The molecule has 15 heavy (non-hydrogen) atoms. The van der Waals surface area contributed by atoms with Crippen LogP contribution < -0.4 is 5.73 Å². The molecule has 2 heterocycles. The first-order valence-corrected chi connectivity index (χ1v) is 6.35. The molecule has 0 radical (unpaired) electrons. The minimum absolute atomic E-state index is 0.645. The van der Waals surface area contributed by atoms with E-state index in [0.717, 1.165) is 19.8 Å². The van der Waals surface area contributed by atoms with E-state index in [1.54, 1.807) is 0 Å². The maximum absolute atomic E-state index is 5.48. The third kappa shape index (κ3) is 2.92. The lowest BCUT2D eigenvalue weighted by Gasteiger charge is -2.52. The van der Waals surface area contributed by atoms with Gasteiger partial charge in [0.2, 0.25) is 0 Å². The maximum atomic E-state index is 5.48. The molecule has 2 fully saturated rings. The zero-order valence-corrected chi connectivity index (χ0v) is 9.71. The van der Waals surface area contributed by atoms with Gasteiger partial charge in [-0.05, 0) is 38.8 Å². The van der Waals surface area contributed by atoms with Gasteiger partial charge in [-0.15, -0.1) is 0 Å². The molecule has 0 aromatic carbocycles. The molecule has 0 atom stereocenters. The molecule has 3 heteroatoms. The lowest BCUT2D eigenvalue weighted by molar-refractivity contribution is -0.0806. The molecule has 2 N–H and O–H groups in total. The lowest BCUT2D eigenvalue weighted by Crippen LogP contribution is -2.58. The fourth-order valence-corrected chi connectivity index (χ4v) is 2.84. The summed E-state index contributed by atoms with van der Waals surface area (Å²) in [6.45, 7) is 6.74. The van der Waals surface area contributed by atoms with Crippen molar-refractivity contribution in [3.63, 3.8) is 0 Å². The quantitative estimate of drug-likeness (QED) is 0.697. The Morgan fingerprint density at radius 2 is 1.80 bits per heavy atom. The molecule has 2 aliphatic heterocycles. The number of hydrogen-bond donors (Lipinski definition) is 1. The first-order valence-electron chi connectivity index (χ1n) is 6.35. The van der Waals surface area contributed by atoms with Crippen molar-refractivity contribution in [2.75, 3.05) is 39.4 Å². The summed E-state index contributed by atoms with van der Waals surface area (Å²) >= 11 is 0. The largest absolute Gasteiger partial charge is 0.381 e. The van der Waals surface area contributed by atoms with Crippen LogP contribution in [0.15, 0.2) is 0 Å². The summed E-state index contributed by atoms with van der Waals surface area (Å²) in [5, 5.41) is 0. The summed E-state index contributed by atoms with van der Waals surface area (Å²) in [7, 11) is 0. The lowest BCUT2D eigenvalue weighted by atomic mass is 9.73. The van der Waals surface area contributed by atoms with Gasteiger partial charge in [0, 0.05) is 31.7 Å². The molecular formula is C12H24N2O. The maximum Gasteiger partial charge on any atom is 0.0472 e. The van der Waals surface area contributed by atoms with Gasteiger partial charge in [-0.3, -0.25) is 0 Å². The van der Waals surface area contributed by atoms with Gasteiger partial charge < -0.3 is 15.4 Å². The van der Waals surface area contributed by atoms with Crippen molar-refractivity contribution < 1.29 is 4.74 Å². The standard InChI is InChI=1S/C12H24N2O/c13-6-2-1-3-7-14-10-12(11-14)4-8-15-9-5-12/h1-11,13H2. The fraction of sp³-hybridized carbons (Fsp3) is 1.00. The van der Waals surface area contributed by atoms with Gasteiger partial charge in [-0.25, -0.2) is 0 Å². The van der Waals surface area contributed by atoms with Crippen LogP contribution >= 0.6 is 0 Å². The molecule has 0 saturated carbocycles. The molecule has 2 saturated heterocycles. The zero-order valence-electron chi connectivity index (χ0n) is 9.71. The van der Waals surface area contributed by atoms with Gasteiger partial charge in [0.1, 0.15) is 0 Å². The van der Waals surface area contributed by atoms with Gasteiger partial charge in [0.15, 0.2) is 0 Å². The number of hydrogen-bond acceptors (Lipinski definition) is 3. The Morgan fingerprint density at radius 1 is 1.07 bits per heavy atom. The summed E-state index contributed by atoms with van der Waals surface area (Å²) in [6, 6.07) is 0. The second-order valence-electron chi connectivity index (χ2n) is 5.17. The monoisotopic (exact) mass is 212 g/mol. The van der Waals surface area contributed by atoms with Crippen molar-refractivity contribution in [1.29, 1.82) is 0 Å². The number of ether oxygens (including phenoxy) is 1. The average molecular weight is 212 g/mol. The van der Waals surface area contributed by atoms with E-state index in [1.165, 1.54) is 51.7 Å². The van der Waals surface area contributed by atoms with E-state index >= 15 is 0 Å². The molecule has 2 aliphatic rings. The highest BCUT2D eigenvalue weighted by Crippen LogP contribution is 2.39. The summed E-state index contributed by atoms with van der Waals surface area (Å²) in [6.07, 6.45) is 6.37. The normalized spacial score (nSPS) is 25.4. The van der Waals surface area contributed by atoms with Crippen LogP contribution in [0.1, 0.15) is 32.1 Å². The van der Waals surface area contributed by atoms with Crippen LogP contribution in [-0.4, -0.2) is 44.3 Å². The van der Waals surface area contributed by atoms with E-state index in [2.05, 4.69) is 4.90 Å². The Kier molecular flexibility index (Phi) is 4.00. The molecule has 0 unspecified atom stereocenters. The molecule has 0 amide bonds. The molecule has 0 bridgehead atoms. The molecule has 2 rings (SSSR count). The van der Waals surface area contributed by atoms with Crippen LogP contribution in [-0.2, 0) is 4.74 Å². The van der Waals surface area contributed by atoms with Gasteiger partial charge in [0.25, 0.3) is 0 Å². The average Bonchev–Trinajstić information content (AvgIpc) is 2.23. The van der Waals surface area contributed by atoms with E-state index in [0.29, 0.717) is 5.41 Å². The number of nitrogens with two attached hydrogens (primary N) is 1. The zero-order chi connectivity index (χ0) is 10.6. The van der Waals surface area contributed by atoms with E-state index in [9.17, 15) is 0 Å². The smallest absolute Gasteiger partial charge is 0.0472 e. The highest BCUT2D eigenvalue weighted by Gasteiger charge is 2.43. The molecule has 0 aliphatic carbocycles.